The molecule has 0 bridgehead atoms. The molecule has 0 radical (unpaired) electrons. The van der Waals surface area contributed by atoms with Gasteiger partial charge in [0.2, 0.25) is 0 Å². The van der Waals surface area contributed by atoms with Crippen molar-refractivity contribution in [1.29, 1.82) is 0 Å². The number of rotatable bonds is 3. The molecule has 2 rings (SSSR count). The van der Waals surface area contributed by atoms with Crippen molar-refractivity contribution in [3.8, 4) is 17.6 Å². The summed E-state index contributed by atoms with van der Waals surface area (Å²) < 4.78 is 5.16. The van der Waals surface area contributed by atoms with Crippen LogP contribution >= 0.6 is 0 Å². The highest BCUT2D eigenvalue weighted by atomic mass is 16.6. The Balaban J connectivity index is 2.21. The Labute approximate surface area is 118 Å². The van der Waals surface area contributed by atoms with Gasteiger partial charge >= 0.3 is 0 Å². The lowest BCUT2D eigenvalue weighted by Gasteiger charge is -1.98. The van der Waals surface area contributed by atoms with Crippen LogP contribution < -0.4 is 4.74 Å². The number of methoxy groups -OCH3 is 1. The predicted octanol–water partition coefficient (Wildman–Crippen LogP) is 2.47. The van der Waals surface area contributed by atoms with Gasteiger partial charge < -0.3 is 9.57 Å². The van der Waals surface area contributed by atoms with E-state index in [1.54, 1.807) is 25.7 Å². The van der Waals surface area contributed by atoms with Crippen LogP contribution in [0.25, 0.3) is 0 Å². The number of benzene rings is 1. The van der Waals surface area contributed by atoms with E-state index in [9.17, 15) is 0 Å². The highest BCUT2D eigenvalue weighted by molar-refractivity contribution is 5.79. The van der Waals surface area contributed by atoms with Gasteiger partial charge in [-0.1, -0.05) is 23.1 Å². The van der Waals surface area contributed by atoms with Gasteiger partial charge in [-0.2, -0.15) is 0 Å². The summed E-state index contributed by atoms with van der Waals surface area (Å²) in [6, 6.07) is 9.50. The van der Waals surface area contributed by atoms with E-state index in [0.717, 1.165) is 22.4 Å². The Morgan fingerprint density at radius 2 is 1.95 bits per heavy atom. The molecule has 0 saturated carbocycles. The fourth-order valence-electron chi connectivity index (χ4n) is 1.56. The highest BCUT2D eigenvalue weighted by Crippen LogP contribution is 2.11. The average molecular weight is 266 g/mol. The number of ether oxygens (including phenoxy) is 1. The smallest absolute Gasteiger partial charge is 0.120 e. The molecule has 2 aromatic rings. The van der Waals surface area contributed by atoms with Gasteiger partial charge in [-0.25, -0.2) is 0 Å². The van der Waals surface area contributed by atoms with Crippen LogP contribution in [0.2, 0.25) is 0 Å². The maximum Gasteiger partial charge on any atom is 0.120 e. The van der Waals surface area contributed by atoms with Gasteiger partial charge in [0.05, 0.1) is 13.3 Å². The number of aromatic nitrogens is 1. The lowest BCUT2D eigenvalue weighted by molar-refractivity contribution is 0.215. The SMILES string of the molecule is CO/N=C/c1cncc(C#Cc2cccc(OC)c2)c1. The second-order valence-corrected chi connectivity index (χ2v) is 3.91. The van der Waals surface area contributed by atoms with Crippen molar-refractivity contribution in [1.82, 2.24) is 4.98 Å². The number of hydrogen-bond acceptors (Lipinski definition) is 4. The van der Waals surface area contributed by atoms with Crippen molar-refractivity contribution < 1.29 is 9.57 Å². The summed E-state index contributed by atoms with van der Waals surface area (Å²) in [5, 5.41) is 3.69. The average Bonchev–Trinajstić information content (AvgIpc) is 2.51. The number of oxime groups is 1. The van der Waals surface area contributed by atoms with E-state index >= 15 is 0 Å². The van der Waals surface area contributed by atoms with Crippen LogP contribution in [0.1, 0.15) is 16.7 Å². The molecule has 0 saturated heterocycles. The third-order valence-corrected chi connectivity index (χ3v) is 2.49. The molecule has 0 N–H and O–H groups in total. The molecular formula is C16H14N2O2. The summed E-state index contributed by atoms with van der Waals surface area (Å²) in [6.45, 7) is 0. The van der Waals surface area contributed by atoms with Gasteiger partial charge in [0.15, 0.2) is 0 Å². The predicted molar refractivity (Wildman–Crippen MR) is 77.8 cm³/mol. The maximum atomic E-state index is 5.16. The van der Waals surface area contributed by atoms with Gasteiger partial charge in [0.1, 0.15) is 12.9 Å². The lowest BCUT2D eigenvalue weighted by atomic mass is 10.2. The number of pyridine rings is 1. The van der Waals surface area contributed by atoms with Crippen LogP contribution in [-0.4, -0.2) is 25.4 Å². The Morgan fingerprint density at radius 1 is 1.10 bits per heavy atom. The summed E-state index contributed by atoms with van der Waals surface area (Å²) >= 11 is 0. The lowest BCUT2D eigenvalue weighted by Crippen LogP contribution is -1.87. The van der Waals surface area contributed by atoms with Crippen molar-refractivity contribution in [2.75, 3.05) is 14.2 Å². The summed E-state index contributed by atoms with van der Waals surface area (Å²) in [6.07, 6.45) is 4.99. The van der Waals surface area contributed by atoms with E-state index in [2.05, 4.69) is 26.8 Å². The molecule has 20 heavy (non-hydrogen) atoms. The summed E-state index contributed by atoms with van der Waals surface area (Å²) in [7, 11) is 3.13. The molecule has 0 unspecified atom stereocenters. The molecule has 0 aliphatic rings. The van der Waals surface area contributed by atoms with Crippen molar-refractivity contribution >= 4 is 6.21 Å². The second kappa shape index (κ2) is 6.95. The van der Waals surface area contributed by atoms with Crippen molar-refractivity contribution in [2.45, 2.75) is 0 Å². The first-order valence-corrected chi connectivity index (χ1v) is 5.99. The Bertz CT molecular complexity index is 669. The number of nitrogens with zero attached hydrogens (tertiary/aromatic N) is 2. The molecule has 1 aromatic heterocycles. The Kier molecular flexibility index (Phi) is 4.74. The minimum absolute atomic E-state index is 0.788. The quantitative estimate of drug-likeness (QED) is 0.487. The molecular weight excluding hydrogens is 252 g/mol. The third kappa shape index (κ3) is 3.85. The van der Waals surface area contributed by atoms with Crippen molar-refractivity contribution in [3.63, 3.8) is 0 Å². The van der Waals surface area contributed by atoms with E-state index < -0.39 is 0 Å². The first kappa shape index (κ1) is 13.6. The van der Waals surface area contributed by atoms with Crippen LogP contribution in [0.15, 0.2) is 47.9 Å². The van der Waals surface area contributed by atoms with Crippen LogP contribution in [0.5, 0.6) is 5.75 Å². The maximum absolute atomic E-state index is 5.16. The normalized spacial score (nSPS) is 9.90. The first-order chi connectivity index (χ1) is 9.81. The molecule has 0 aliphatic carbocycles. The van der Waals surface area contributed by atoms with E-state index in [4.69, 9.17) is 4.74 Å². The van der Waals surface area contributed by atoms with Gasteiger partial charge in [0.25, 0.3) is 0 Å². The molecule has 4 nitrogen and oxygen atoms in total. The standard InChI is InChI=1S/C16H14N2O2/c1-19-16-5-3-4-13(9-16)6-7-14-8-15(11-17-10-14)12-18-20-2/h3-5,8-12H,1-2H3/b18-12+. The topological polar surface area (TPSA) is 43.7 Å². The molecule has 0 aliphatic heterocycles. The zero-order valence-electron chi connectivity index (χ0n) is 11.3. The largest absolute Gasteiger partial charge is 0.497 e. The van der Waals surface area contributed by atoms with Crippen molar-refractivity contribution in [3.05, 3.63) is 59.4 Å². The van der Waals surface area contributed by atoms with E-state index in [-0.39, 0.29) is 0 Å². The fourth-order valence-corrected chi connectivity index (χ4v) is 1.56. The minimum atomic E-state index is 0.788. The molecule has 4 heteroatoms. The second-order valence-electron chi connectivity index (χ2n) is 3.91. The van der Waals surface area contributed by atoms with Crippen LogP contribution in [0, 0.1) is 11.8 Å². The monoisotopic (exact) mass is 266 g/mol. The van der Waals surface area contributed by atoms with E-state index in [1.807, 2.05) is 30.3 Å². The molecule has 0 amide bonds. The van der Waals surface area contributed by atoms with E-state index in [1.165, 1.54) is 7.11 Å². The van der Waals surface area contributed by atoms with Gasteiger partial charge in [-0.05, 0) is 24.3 Å². The van der Waals surface area contributed by atoms with E-state index in [0.29, 0.717) is 0 Å². The molecule has 1 aromatic carbocycles. The van der Waals surface area contributed by atoms with Crippen molar-refractivity contribution in [2.24, 2.45) is 5.16 Å². The van der Waals surface area contributed by atoms with Gasteiger partial charge in [-0.15, -0.1) is 0 Å². The molecule has 1 heterocycles. The van der Waals surface area contributed by atoms with Gasteiger partial charge in [0, 0.05) is 29.1 Å². The van der Waals surface area contributed by atoms with Crippen LogP contribution in [0.4, 0.5) is 0 Å². The summed E-state index contributed by atoms with van der Waals surface area (Å²) in [5.41, 5.74) is 2.54. The first-order valence-electron chi connectivity index (χ1n) is 5.99. The Hall–Kier alpha value is -2.80. The molecule has 0 spiro atoms. The van der Waals surface area contributed by atoms with Crippen LogP contribution in [-0.2, 0) is 4.84 Å². The minimum Gasteiger partial charge on any atom is -0.497 e. The number of hydrogen-bond donors (Lipinski definition) is 0. The molecule has 0 fully saturated rings. The summed E-state index contributed by atoms with van der Waals surface area (Å²) in [5.74, 6) is 6.92. The van der Waals surface area contributed by atoms with Crippen LogP contribution in [0.3, 0.4) is 0 Å². The zero-order chi connectivity index (χ0) is 14.2. The summed E-state index contributed by atoms with van der Waals surface area (Å²) in [4.78, 5) is 8.74. The zero-order valence-corrected chi connectivity index (χ0v) is 11.3. The molecule has 0 atom stereocenters. The highest BCUT2D eigenvalue weighted by Gasteiger charge is 1.93. The Morgan fingerprint density at radius 3 is 2.75 bits per heavy atom. The third-order valence-electron chi connectivity index (χ3n) is 2.49. The molecule has 100 valence electrons. The van der Waals surface area contributed by atoms with Gasteiger partial charge in [-0.3, -0.25) is 4.98 Å². The fraction of sp³-hybridized carbons (Fsp3) is 0.125.